The standard InChI is InChI=1S/C11H14N2O2S/c1-7-5-4-6-9-10(7)13-11(12-9)8(2)16(3,14)15/h4-6,8H,1-3H3,(H,12,13). The van der Waals surface area contributed by atoms with Gasteiger partial charge in [-0.3, -0.25) is 0 Å². The lowest BCUT2D eigenvalue weighted by molar-refractivity contribution is 0.590. The van der Waals surface area contributed by atoms with Crippen LogP contribution in [0.2, 0.25) is 0 Å². The van der Waals surface area contributed by atoms with Gasteiger partial charge in [0.1, 0.15) is 11.1 Å². The first-order valence-electron chi connectivity index (χ1n) is 5.03. The van der Waals surface area contributed by atoms with Gasteiger partial charge in [-0.15, -0.1) is 0 Å². The summed E-state index contributed by atoms with van der Waals surface area (Å²) in [7, 11) is -3.11. The van der Waals surface area contributed by atoms with E-state index in [-0.39, 0.29) is 0 Å². The molecule has 0 bridgehead atoms. The molecule has 0 fully saturated rings. The molecule has 0 spiro atoms. The summed E-state index contributed by atoms with van der Waals surface area (Å²) in [6.45, 7) is 3.60. The van der Waals surface area contributed by atoms with Crippen LogP contribution in [0.15, 0.2) is 18.2 Å². The maximum absolute atomic E-state index is 11.4. The molecular weight excluding hydrogens is 224 g/mol. The molecule has 1 unspecified atom stereocenters. The lowest BCUT2D eigenvalue weighted by Crippen LogP contribution is -2.09. The highest BCUT2D eigenvalue weighted by molar-refractivity contribution is 7.90. The third-order valence-corrected chi connectivity index (χ3v) is 4.27. The van der Waals surface area contributed by atoms with Crippen molar-refractivity contribution in [2.45, 2.75) is 19.1 Å². The van der Waals surface area contributed by atoms with Crippen LogP contribution in [0.1, 0.15) is 23.6 Å². The quantitative estimate of drug-likeness (QED) is 0.870. The van der Waals surface area contributed by atoms with E-state index in [0.717, 1.165) is 16.6 Å². The van der Waals surface area contributed by atoms with Gasteiger partial charge in [-0.2, -0.15) is 0 Å². The lowest BCUT2D eigenvalue weighted by atomic mass is 10.2. The molecule has 1 N–H and O–H groups in total. The summed E-state index contributed by atoms with van der Waals surface area (Å²) in [5, 5.41) is -0.598. The zero-order valence-electron chi connectivity index (χ0n) is 9.48. The Morgan fingerprint density at radius 3 is 2.62 bits per heavy atom. The minimum atomic E-state index is -3.11. The number of hydrogen-bond donors (Lipinski definition) is 1. The summed E-state index contributed by atoms with van der Waals surface area (Å²) in [5.74, 6) is 0.506. The van der Waals surface area contributed by atoms with Crippen LogP contribution in [0.25, 0.3) is 11.0 Å². The van der Waals surface area contributed by atoms with Crippen molar-refractivity contribution in [2.75, 3.05) is 6.26 Å². The van der Waals surface area contributed by atoms with Crippen molar-refractivity contribution in [3.63, 3.8) is 0 Å². The fourth-order valence-electron chi connectivity index (χ4n) is 1.59. The molecule has 1 heterocycles. The molecule has 1 aromatic heterocycles. The van der Waals surface area contributed by atoms with Crippen molar-refractivity contribution >= 4 is 20.9 Å². The Bertz CT molecular complexity index is 628. The van der Waals surface area contributed by atoms with E-state index in [1.54, 1.807) is 6.92 Å². The number of sulfone groups is 1. The second-order valence-corrected chi connectivity index (χ2v) is 6.43. The molecule has 0 aliphatic carbocycles. The molecule has 0 aliphatic heterocycles. The number of rotatable bonds is 2. The van der Waals surface area contributed by atoms with Crippen LogP contribution in [0, 0.1) is 6.92 Å². The van der Waals surface area contributed by atoms with E-state index in [4.69, 9.17) is 0 Å². The molecule has 0 aliphatic rings. The number of H-pyrrole nitrogens is 1. The van der Waals surface area contributed by atoms with Crippen LogP contribution in [0.4, 0.5) is 0 Å². The predicted molar refractivity (Wildman–Crippen MR) is 64.1 cm³/mol. The summed E-state index contributed by atoms with van der Waals surface area (Å²) in [6.07, 6.45) is 1.22. The number of aryl methyl sites for hydroxylation is 1. The van der Waals surface area contributed by atoms with Crippen LogP contribution in [0.5, 0.6) is 0 Å². The Hall–Kier alpha value is -1.36. The lowest BCUT2D eigenvalue weighted by Gasteiger charge is -2.04. The maximum Gasteiger partial charge on any atom is 0.157 e. The highest BCUT2D eigenvalue weighted by Crippen LogP contribution is 2.22. The van der Waals surface area contributed by atoms with Gasteiger partial charge in [0.15, 0.2) is 9.84 Å². The van der Waals surface area contributed by atoms with E-state index in [2.05, 4.69) is 9.97 Å². The van der Waals surface area contributed by atoms with Crippen molar-refractivity contribution in [3.8, 4) is 0 Å². The molecule has 16 heavy (non-hydrogen) atoms. The molecule has 0 amide bonds. The van der Waals surface area contributed by atoms with Gasteiger partial charge in [0.25, 0.3) is 0 Å². The van der Waals surface area contributed by atoms with Crippen LogP contribution in [-0.4, -0.2) is 24.6 Å². The highest BCUT2D eigenvalue weighted by Gasteiger charge is 2.20. The zero-order chi connectivity index (χ0) is 11.9. The smallest absolute Gasteiger partial charge is 0.157 e. The molecule has 4 nitrogen and oxygen atoms in total. The number of para-hydroxylation sites is 1. The molecule has 86 valence electrons. The van der Waals surface area contributed by atoms with E-state index >= 15 is 0 Å². The Labute approximate surface area is 94.6 Å². The number of hydrogen-bond acceptors (Lipinski definition) is 3. The van der Waals surface area contributed by atoms with Crippen LogP contribution in [-0.2, 0) is 9.84 Å². The van der Waals surface area contributed by atoms with Gasteiger partial charge in [0.05, 0.1) is 11.0 Å². The van der Waals surface area contributed by atoms with Gasteiger partial charge in [-0.1, -0.05) is 12.1 Å². The van der Waals surface area contributed by atoms with Crippen molar-refractivity contribution < 1.29 is 8.42 Å². The predicted octanol–water partition coefficient (Wildman–Crippen LogP) is 1.98. The van der Waals surface area contributed by atoms with Crippen LogP contribution in [0.3, 0.4) is 0 Å². The van der Waals surface area contributed by atoms with Gasteiger partial charge < -0.3 is 4.98 Å². The average Bonchev–Trinajstić information content (AvgIpc) is 2.60. The molecule has 0 saturated heterocycles. The molecule has 5 heteroatoms. The Morgan fingerprint density at radius 2 is 2.06 bits per heavy atom. The molecule has 1 atom stereocenters. The summed E-state index contributed by atoms with van der Waals surface area (Å²) in [5.41, 5.74) is 2.76. The monoisotopic (exact) mass is 238 g/mol. The van der Waals surface area contributed by atoms with Crippen molar-refractivity contribution in [1.82, 2.24) is 9.97 Å². The summed E-state index contributed by atoms with van der Waals surface area (Å²) in [6, 6.07) is 5.77. The van der Waals surface area contributed by atoms with E-state index in [1.807, 2.05) is 25.1 Å². The molecule has 0 radical (unpaired) electrons. The van der Waals surface area contributed by atoms with Gasteiger partial charge in [0, 0.05) is 6.26 Å². The summed E-state index contributed by atoms with van der Waals surface area (Å²) in [4.78, 5) is 7.40. The van der Waals surface area contributed by atoms with Gasteiger partial charge >= 0.3 is 0 Å². The Balaban J connectivity index is 2.60. The molecule has 2 aromatic rings. The van der Waals surface area contributed by atoms with Gasteiger partial charge in [0.2, 0.25) is 0 Å². The van der Waals surface area contributed by atoms with E-state index in [1.165, 1.54) is 6.26 Å². The van der Waals surface area contributed by atoms with E-state index in [9.17, 15) is 8.42 Å². The number of nitrogens with zero attached hydrogens (tertiary/aromatic N) is 1. The first-order chi connectivity index (χ1) is 7.39. The number of fused-ring (bicyclic) bond motifs is 1. The number of benzene rings is 1. The topological polar surface area (TPSA) is 62.8 Å². The first-order valence-corrected chi connectivity index (χ1v) is 6.99. The minimum absolute atomic E-state index is 0.506. The second-order valence-electron chi connectivity index (χ2n) is 4.06. The summed E-state index contributed by atoms with van der Waals surface area (Å²) < 4.78 is 22.9. The van der Waals surface area contributed by atoms with Gasteiger partial charge in [-0.25, -0.2) is 13.4 Å². The number of aromatic amines is 1. The fourth-order valence-corrected chi connectivity index (χ4v) is 2.11. The third-order valence-electron chi connectivity index (χ3n) is 2.76. The van der Waals surface area contributed by atoms with E-state index in [0.29, 0.717) is 5.82 Å². The number of nitrogens with one attached hydrogen (secondary N) is 1. The highest BCUT2D eigenvalue weighted by atomic mass is 32.2. The molecular formula is C11H14N2O2S. The number of imidazole rings is 1. The normalized spacial score (nSPS) is 14.2. The number of aromatic nitrogens is 2. The van der Waals surface area contributed by atoms with Crippen molar-refractivity contribution in [3.05, 3.63) is 29.6 Å². The maximum atomic E-state index is 11.4. The fraction of sp³-hybridized carbons (Fsp3) is 0.364. The van der Waals surface area contributed by atoms with Crippen LogP contribution < -0.4 is 0 Å². The van der Waals surface area contributed by atoms with Crippen molar-refractivity contribution in [2.24, 2.45) is 0 Å². The third kappa shape index (κ3) is 1.82. The molecule has 1 aromatic carbocycles. The average molecular weight is 238 g/mol. The first kappa shape index (κ1) is 11.1. The minimum Gasteiger partial charge on any atom is -0.341 e. The molecule has 2 rings (SSSR count). The SMILES string of the molecule is Cc1cccc2[nH]c(C(C)S(C)(=O)=O)nc12. The zero-order valence-corrected chi connectivity index (χ0v) is 10.3. The summed E-state index contributed by atoms with van der Waals surface area (Å²) >= 11 is 0. The largest absolute Gasteiger partial charge is 0.341 e. The second kappa shape index (κ2) is 3.59. The van der Waals surface area contributed by atoms with Gasteiger partial charge in [-0.05, 0) is 25.5 Å². The van der Waals surface area contributed by atoms with E-state index < -0.39 is 15.1 Å². The van der Waals surface area contributed by atoms with Crippen LogP contribution >= 0.6 is 0 Å². The molecule has 0 saturated carbocycles. The Kier molecular flexibility index (Phi) is 2.50. The van der Waals surface area contributed by atoms with Crippen molar-refractivity contribution in [1.29, 1.82) is 0 Å². The Morgan fingerprint density at radius 1 is 1.38 bits per heavy atom.